The summed E-state index contributed by atoms with van der Waals surface area (Å²) in [6.07, 6.45) is 50.9. The third kappa shape index (κ3) is 51.3. The average molecular weight is 915 g/mol. The maximum Gasteiger partial charge on any atom is 0.307 e. The van der Waals surface area contributed by atoms with Gasteiger partial charge in [0.2, 0.25) is 0 Å². The first-order valence-electron chi connectivity index (χ1n) is 27.2. The van der Waals surface area contributed by atoms with Crippen LogP contribution in [0.1, 0.15) is 270 Å². The highest BCUT2D eigenvalue weighted by atomic mass is 16.6. The minimum absolute atomic E-state index is 0.123. The lowest BCUT2D eigenvalue weighted by Gasteiger charge is -2.18. The molecule has 0 fully saturated rings. The van der Waals surface area contributed by atoms with Gasteiger partial charge in [0.1, 0.15) is 13.2 Å². The monoisotopic (exact) mass is 915 g/mol. The molecule has 0 aliphatic rings. The summed E-state index contributed by atoms with van der Waals surface area (Å²) in [6.45, 7) is 11.0. The number of rotatable bonds is 47. The van der Waals surface area contributed by atoms with Gasteiger partial charge in [-0.2, -0.15) is 0 Å². The quantitative estimate of drug-likeness (QED) is 0.0199. The van der Waals surface area contributed by atoms with Crippen LogP contribution in [0.15, 0.2) is 38.0 Å². The van der Waals surface area contributed by atoms with Gasteiger partial charge in [-0.3, -0.25) is 14.4 Å². The molecule has 374 valence electrons. The van der Waals surface area contributed by atoms with Crippen LogP contribution in [-0.4, -0.2) is 37.2 Å². The molecule has 0 heterocycles. The first-order chi connectivity index (χ1) is 32.5. The molecule has 6 nitrogen and oxygen atoms in total. The van der Waals surface area contributed by atoms with E-state index in [9.17, 15) is 14.4 Å². The van der Waals surface area contributed by atoms with Crippen LogP contribution in [0.3, 0.4) is 0 Å². The lowest BCUT2D eigenvalue weighted by Crippen LogP contribution is -2.30. The highest BCUT2D eigenvalue weighted by molar-refractivity contribution is 5.71. The van der Waals surface area contributed by atoms with Gasteiger partial charge in [-0.1, -0.05) is 172 Å². The summed E-state index contributed by atoms with van der Waals surface area (Å²) in [7, 11) is 0. The fourth-order valence-corrected chi connectivity index (χ4v) is 7.65. The molecule has 0 saturated carbocycles. The standard InChI is InChI=1S/C60H98O6/c1-4-7-10-13-16-19-22-25-28-31-34-37-40-43-46-49-52-58(61)64-55-57(66-60(63)54-51-48-45-42-39-36-33-30-27-24-21-18-15-12-9-6-3)56-65-59(62)53-50-47-44-41-38-35-32-29-26-23-20-17-14-11-8-5-2/h4-6,57H,1-3,7-42,49-56H2. The van der Waals surface area contributed by atoms with Gasteiger partial charge in [0, 0.05) is 38.5 Å². The van der Waals surface area contributed by atoms with Crippen molar-refractivity contribution in [2.24, 2.45) is 0 Å². The average Bonchev–Trinajstić information content (AvgIpc) is 3.31. The molecule has 0 spiro atoms. The molecule has 0 saturated heterocycles. The van der Waals surface area contributed by atoms with E-state index in [-0.39, 0.29) is 32.5 Å². The molecule has 6 heteroatoms. The summed E-state index contributed by atoms with van der Waals surface area (Å²) in [4.78, 5) is 37.9. The third-order valence-electron chi connectivity index (χ3n) is 11.8. The number of carbonyl (C=O) groups excluding carboxylic acids is 3. The van der Waals surface area contributed by atoms with Crippen molar-refractivity contribution in [2.75, 3.05) is 13.2 Å². The molecule has 66 heavy (non-hydrogen) atoms. The Morgan fingerprint density at radius 1 is 0.318 bits per heavy atom. The van der Waals surface area contributed by atoms with Gasteiger partial charge in [-0.05, 0) is 57.8 Å². The van der Waals surface area contributed by atoms with Crippen molar-refractivity contribution in [2.45, 2.75) is 276 Å². The second-order valence-electron chi connectivity index (χ2n) is 18.1. The van der Waals surface area contributed by atoms with Crippen LogP contribution in [0.4, 0.5) is 0 Å². The number of hydrogen-bond donors (Lipinski definition) is 0. The summed E-state index contributed by atoms with van der Waals surface area (Å²) in [5.41, 5.74) is 0. The van der Waals surface area contributed by atoms with Gasteiger partial charge in [-0.15, -0.1) is 55.3 Å². The second kappa shape index (κ2) is 53.9. The fraction of sp³-hybridized carbons (Fsp3) is 0.750. The Labute approximate surface area is 407 Å². The number of allylic oxidation sites excluding steroid dienone is 3. The largest absolute Gasteiger partial charge is 0.462 e. The first-order valence-corrected chi connectivity index (χ1v) is 27.2. The number of hydrogen-bond acceptors (Lipinski definition) is 6. The SMILES string of the molecule is C=CCCCCCCCCCCCCC#CCCC(=O)OCC(COC(=O)CCC#CCCCCCCCCCCCCC=C)OC(=O)CCC#CCCCCCCCCCCCCC=C. The van der Waals surface area contributed by atoms with Crippen molar-refractivity contribution in [3.05, 3.63) is 38.0 Å². The van der Waals surface area contributed by atoms with Crippen LogP contribution in [-0.2, 0) is 28.6 Å². The second-order valence-corrected chi connectivity index (χ2v) is 18.1. The Bertz CT molecular complexity index is 1290. The third-order valence-corrected chi connectivity index (χ3v) is 11.8. The summed E-state index contributed by atoms with van der Waals surface area (Å²) in [6, 6.07) is 0. The van der Waals surface area contributed by atoms with E-state index in [4.69, 9.17) is 14.2 Å². The Morgan fingerprint density at radius 2 is 0.545 bits per heavy atom. The molecular weight excluding hydrogens is 817 g/mol. The predicted molar refractivity (Wildman–Crippen MR) is 280 cm³/mol. The molecule has 0 aromatic rings. The maximum atomic E-state index is 12.7. The molecular formula is C60H98O6. The first kappa shape index (κ1) is 62.3. The number of carbonyl (C=O) groups is 3. The zero-order valence-corrected chi connectivity index (χ0v) is 42.5. The van der Waals surface area contributed by atoms with Gasteiger partial charge < -0.3 is 14.2 Å². The van der Waals surface area contributed by atoms with Crippen molar-refractivity contribution >= 4 is 17.9 Å². The van der Waals surface area contributed by atoms with Crippen LogP contribution < -0.4 is 0 Å². The van der Waals surface area contributed by atoms with Crippen LogP contribution in [0.25, 0.3) is 0 Å². The van der Waals surface area contributed by atoms with E-state index in [0.29, 0.717) is 19.3 Å². The minimum atomic E-state index is -0.891. The maximum absolute atomic E-state index is 12.7. The van der Waals surface area contributed by atoms with Gasteiger partial charge in [-0.25, -0.2) is 0 Å². The number of esters is 3. The summed E-state index contributed by atoms with van der Waals surface area (Å²) in [5, 5.41) is 0. The van der Waals surface area contributed by atoms with Crippen molar-refractivity contribution < 1.29 is 28.6 Å². The predicted octanol–water partition coefficient (Wildman–Crippen LogP) is 16.9. The Hall–Kier alpha value is -3.69. The molecule has 0 bridgehead atoms. The van der Waals surface area contributed by atoms with Crippen LogP contribution in [0, 0.1) is 35.5 Å². The minimum Gasteiger partial charge on any atom is -0.462 e. The van der Waals surface area contributed by atoms with E-state index in [1.54, 1.807) is 0 Å². The van der Waals surface area contributed by atoms with E-state index in [1.807, 2.05) is 18.2 Å². The molecule has 0 aliphatic carbocycles. The molecule has 0 rings (SSSR count). The zero-order valence-electron chi connectivity index (χ0n) is 42.5. The molecule has 0 radical (unpaired) electrons. The molecule has 0 N–H and O–H groups in total. The molecule has 0 aromatic carbocycles. The van der Waals surface area contributed by atoms with E-state index < -0.39 is 24.0 Å². The molecule has 0 aromatic heterocycles. The highest BCUT2D eigenvalue weighted by Crippen LogP contribution is 2.15. The summed E-state index contributed by atoms with van der Waals surface area (Å²) in [5.74, 6) is 17.6. The molecule has 0 atom stereocenters. The van der Waals surface area contributed by atoms with E-state index in [2.05, 4.69) is 55.3 Å². The lowest BCUT2D eigenvalue weighted by molar-refractivity contribution is -0.166. The van der Waals surface area contributed by atoms with Crippen LogP contribution in [0.5, 0.6) is 0 Å². The van der Waals surface area contributed by atoms with Gasteiger partial charge in [0.05, 0.1) is 19.3 Å². The van der Waals surface area contributed by atoms with E-state index in [1.165, 1.54) is 173 Å². The lowest BCUT2D eigenvalue weighted by atomic mass is 10.1. The normalized spacial score (nSPS) is 10.5. The van der Waals surface area contributed by atoms with Gasteiger partial charge in [0.25, 0.3) is 0 Å². The Morgan fingerprint density at radius 3 is 0.818 bits per heavy atom. The Balaban J connectivity index is 4.50. The smallest absolute Gasteiger partial charge is 0.307 e. The van der Waals surface area contributed by atoms with E-state index in [0.717, 1.165) is 57.8 Å². The molecule has 0 amide bonds. The fourth-order valence-electron chi connectivity index (χ4n) is 7.65. The molecule has 0 unspecified atom stereocenters. The topological polar surface area (TPSA) is 78.9 Å². The van der Waals surface area contributed by atoms with Gasteiger partial charge in [0.15, 0.2) is 6.10 Å². The zero-order chi connectivity index (χ0) is 47.9. The number of ether oxygens (including phenoxy) is 3. The van der Waals surface area contributed by atoms with Crippen molar-refractivity contribution in [3.8, 4) is 35.5 Å². The van der Waals surface area contributed by atoms with Crippen molar-refractivity contribution in [1.29, 1.82) is 0 Å². The van der Waals surface area contributed by atoms with E-state index >= 15 is 0 Å². The summed E-state index contributed by atoms with van der Waals surface area (Å²) >= 11 is 0. The molecule has 0 aliphatic heterocycles. The number of unbranched alkanes of at least 4 members (excludes halogenated alkanes) is 33. The summed E-state index contributed by atoms with van der Waals surface area (Å²) < 4.78 is 16.5. The van der Waals surface area contributed by atoms with Crippen LogP contribution in [0.2, 0.25) is 0 Å². The van der Waals surface area contributed by atoms with Crippen LogP contribution >= 0.6 is 0 Å². The Kier molecular flexibility index (Phi) is 50.9. The van der Waals surface area contributed by atoms with Crippen molar-refractivity contribution in [3.63, 3.8) is 0 Å². The van der Waals surface area contributed by atoms with Gasteiger partial charge >= 0.3 is 17.9 Å². The highest BCUT2D eigenvalue weighted by Gasteiger charge is 2.19. The van der Waals surface area contributed by atoms with Crippen molar-refractivity contribution in [1.82, 2.24) is 0 Å².